The van der Waals surface area contributed by atoms with Gasteiger partial charge < -0.3 is 9.64 Å². The minimum Gasteiger partial charge on any atom is -0.383 e. The third-order valence-corrected chi connectivity index (χ3v) is 5.35. The molecule has 0 aliphatic carbocycles. The number of aromatic nitrogens is 3. The number of carbonyl (C=O) groups is 1. The molecule has 7 heteroatoms. The van der Waals surface area contributed by atoms with Crippen molar-refractivity contribution in [3.05, 3.63) is 66.0 Å². The Kier molecular flexibility index (Phi) is 6.21. The van der Waals surface area contributed by atoms with Crippen molar-refractivity contribution in [2.45, 2.75) is 6.92 Å². The number of benzene rings is 2. The second kappa shape index (κ2) is 9.19. The molecule has 0 N–H and O–H groups in total. The second-order valence-electron chi connectivity index (χ2n) is 7.50. The molecule has 1 aromatic heterocycles. The van der Waals surface area contributed by atoms with Crippen LogP contribution in [0.2, 0.25) is 0 Å². The van der Waals surface area contributed by atoms with Crippen molar-refractivity contribution in [2.75, 3.05) is 46.4 Å². The van der Waals surface area contributed by atoms with Crippen LogP contribution in [0.15, 0.2) is 54.6 Å². The summed E-state index contributed by atoms with van der Waals surface area (Å²) in [5.41, 5.74) is 2.95. The van der Waals surface area contributed by atoms with Crippen LogP contribution in [0.25, 0.3) is 17.1 Å². The SMILES string of the molecule is COCCN1CCN(C(=O)c2nc(-c3ccccc3)n(-c3cccc(C)c3)n2)CC1. The van der Waals surface area contributed by atoms with Gasteiger partial charge in [-0.1, -0.05) is 42.5 Å². The van der Waals surface area contributed by atoms with Crippen molar-refractivity contribution in [1.82, 2.24) is 24.6 Å². The lowest BCUT2D eigenvalue weighted by Crippen LogP contribution is -2.49. The first-order chi connectivity index (χ1) is 14.7. The molecular formula is C23H27N5O2. The van der Waals surface area contributed by atoms with Crippen LogP contribution >= 0.6 is 0 Å². The van der Waals surface area contributed by atoms with Gasteiger partial charge in [0.15, 0.2) is 5.82 Å². The summed E-state index contributed by atoms with van der Waals surface area (Å²) >= 11 is 0. The van der Waals surface area contributed by atoms with Crippen molar-refractivity contribution >= 4 is 5.91 Å². The molecule has 1 fully saturated rings. The van der Waals surface area contributed by atoms with Gasteiger partial charge in [0.1, 0.15) is 0 Å². The maximum Gasteiger partial charge on any atom is 0.293 e. The molecule has 156 valence electrons. The smallest absolute Gasteiger partial charge is 0.293 e. The third kappa shape index (κ3) is 4.42. The topological polar surface area (TPSA) is 63.5 Å². The van der Waals surface area contributed by atoms with Gasteiger partial charge in [0.25, 0.3) is 5.91 Å². The molecule has 1 aliphatic heterocycles. The summed E-state index contributed by atoms with van der Waals surface area (Å²) in [5.74, 6) is 0.786. The normalized spacial score (nSPS) is 14.8. The predicted molar refractivity (Wildman–Crippen MR) is 116 cm³/mol. The third-order valence-electron chi connectivity index (χ3n) is 5.35. The zero-order valence-electron chi connectivity index (χ0n) is 17.5. The molecule has 2 heterocycles. The van der Waals surface area contributed by atoms with Gasteiger partial charge >= 0.3 is 0 Å². The number of hydrogen-bond acceptors (Lipinski definition) is 5. The van der Waals surface area contributed by atoms with Gasteiger partial charge in [0.05, 0.1) is 12.3 Å². The molecule has 1 amide bonds. The van der Waals surface area contributed by atoms with Crippen molar-refractivity contribution in [3.8, 4) is 17.1 Å². The highest BCUT2D eigenvalue weighted by Gasteiger charge is 2.26. The Labute approximate surface area is 176 Å². The van der Waals surface area contributed by atoms with Crippen LogP contribution < -0.4 is 0 Å². The average molecular weight is 406 g/mol. The maximum absolute atomic E-state index is 13.2. The van der Waals surface area contributed by atoms with E-state index < -0.39 is 0 Å². The zero-order chi connectivity index (χ0) is 20.9. The highest BCUT2D eigenvalue weighted by atomic mass is 16.5. The van der Waals surface area contributed by atoms with Crippen molar-refractivity contribution in [2.24, 2.45) is 0 Å². The molecule has 1 aliphatic rings. The van der Waals surface area contributed by atoms with Crippen LogP contribution in [0.5, 0.6) is 0 Å². The second-order valence-corrected chi connectivity index (χ2v) is 7.50. The van der Waals surface area contributed by atoms with E-state index in [0.29, 0.717) is 25.5 Å². The summed E-state index contributed by atoms with van der Waals surface area (Å²) in [6.07, 6.45) is 0. The molecule has 2 aromatic carbocycles. The van der Waals surface area contributed by atoms with Crippen LogP contribution in [0.1, 0.15) is 16.2 Å². The molecule has 0 saturated carbocycles. The first-order valence-electron chi connectivity index (χ1n) is 10.3. The first kappa shape index (κ1) is 20.3. The lowest BCUT2D eigenvalue weighted by Gasteiger charge is -2.33. The van der Waals surface area contributed by atoms with Crippen LogP contribution in [-0.4, -0.2) is 76.9 Å². The minimum atomic E-state index is -0.120. The summed E-state index contributed by atoms with van der Waals surface area (Å²) in [4.78, 5) is 22.0. The quantitative estimate of drug-likeness (QED) is 0.631. The Hall–Kier alpha value is -3.03. The van der Waals surface area contributed by atoms with Gasteiger partial charge in [-0.25, -0.2) is 9.67 Å². The monoisotopic (exact) mass is 405 g/mol. The summed E-state index contributed by atoms with van der Waals surface area (Å²) in [6.45, 7) is 6.63. The molecule has 4 rings (SSSR count). The van der Waals surface area contributed by atoms with Gasteiger partial charge in [-0.05, 0) is 24.6 Å². The zero-order valence-corrected chi connectivity index (χ0v) is 17.5. The van der Waals surface area contributed by atoms with Gasteiger partial charge in [-0.2, -0.15) is 0 Å². The number of rotatable bonds is 6. The predicted octanol–water partition coefficient (Wildman–Crippen LogP) is 2.65. The molecule has 0 spiro atoms. The van der Waals surface area contributed by atoms with Crippen molar-refractivity contribution < 1.29 is 9.53 Å². The lowest BCUT2D eigenvalue weighted by atomic mass is 10.2. The highest BCUT2D eigenvalue weighted by Crippen LogP contribution is 2.22. The summed E-state index contributed by atoms with van der Waals surface area (Å²) in [7, 11) is 1.71. The number of amides is 1. The van der Waals surface area contributed by atoms with E-state index in [1.165, 1.54) is 0 Å². The lowest BCUT2D eigenvalue weighted by molar-refractivity contribution is 0.0583. The van der Waals surface area contributed by atoms with E-state index in [2.05, 4.69) is 15.0 Å². The Balaban J connectivity index is 1.61. The maximum atomic E-state index is 13.2. The fraction of sp³-hybridized carbons (Fsp3) is 0.348. The molecule has 1 saturated heterocycles. The van der Waals surface area contributed by atoms with Crippen LogP contribution in [0.4, 0.5) is 0 Å². The minimum absolute atomic E-state index is 0.120. The molecule has 0 radical (unpaired) electrons. The largest absolute Gasteiger partial charge is 0.383 e. The van der Waals surface area contributed by atoms with E-state index in [9.17, 15) is 4.79 Å². The standard InChI is InChI=1S/C23H27N5O2/c1-18-7-6-10-20(17-18)28-22(19-8-4-3-5-9-19)24-21(25-28)23(29)27-13-11-26(12-14-27)15-16-30-2/h3-10,17H,11-16H2,1-2H3. The summed E-state index contributed by atoms with van der Waals surface area (Å²) in [5, 5.41) is 4.62. The van der Waals surface area contributed by atoms with Gasteiger partial charge in [0, 0.05) is 45.4 Å². The van der Waals surface area contributed by atoms with E-state index >= 15 is 0 Å². The number of ether oxygens (including phenoxy) is 1. The van der Waals surface area contributed by atoms with E-state index in [1.54, 1.807) is 11.8 Å². The number of aryl methyl sites for hydroxylation is 1. The summed E-state index contributed by atoms with van der Waals surface area (Å²) in [6, 6.07) is 17.9. The van der Waals surface area contributed by atoms with Gasteiger partial charge in [0.2, 0.25) is 5.82 Å². The fourth-order valence-corrected chi connectivity index (χ4v) is 3.65. The summed E-state index contributed by atoms with van der Waals surface area (Å²) < 4.78 is 6.92. The van der Waals surface area contributed by atoms with Crippen molar-refractivity contribution in [3.63, 3.8) is 0 Å². The van der Waals surface area contributed by atoms with Gasteiger partial charge in [-0.3, -0.25) is 9.69 Å². The Morgan fingerprint density at radius 3 is 2.50 bits per heavy atom. The van der Waals surface area contributed by atoms with E-state index in [-0.39, 0.29) is 11.7 Å². The number of nitrogens with zero attached hydrogens (tertiary/aromatic N) is 5. The Morgan fingerprint density at radius 2 is 1.80 bits per heavy atom. The van der Waals surface area contributed by atoms with E-state index in [1.807, 2.05) is 66.4 Å². The number of methoxy groups -OCH3 is 1. The molecule has 3 aromatic rings. The Bertz CT molecular complexity index is 994. The van der Waals surface area contributed by atoms with Gasteiger partial charge in [-0.15, -0.1) is 5.10 Å². The Morgan fingerprint density at radius 1 is 1.03 bits per heavy atom. The molecule has 0 bridgehead atoms. The molecule has 7 nitrogen and oxygen atoms in total. The van der Waals surface area contributed by atoms with E-state index in [0.717, 1.165) is 36.4 Å². The van der Waals surface area contributed by atoms with Crippen LogP contribution in [-0.2, 0) is 4.74 Å². The van der Waals surface area contributed by atoms with Crippen molar-refractivity contribution in [1.29, 1.82) is 0 Å². The average Bonchev–Trinajstić information content (AvgIpc) is 3.24. The first-order valence-corrected chi connectivity index (χ1v) is 10.3. The number of piperazine rings is 1. The molecule has 30 heavy (non-hydrogen) atoms. The number of hydrogen-bond donors (Lipinski definition) is 0. The highest BCUT2D eigenvalue weighted by molar-refractivity contribution is 5.91. The van der Waals surface area contributed by atoms with E-state index in [4.69, 9.17) is 4.74 Å². The molecular weight excluding hydrogens is 378 g/mol. The van der Waals surface area contributed by atoms with Crippen LogP contribution in [0, 0.1) is 6.92 Å². The molecule has 0 atom stereocenters. The fourth-order valence-electron chi connectivity index (χ4n) is 3.65. The van der Waals surface area contributed by atoms with Crippen LogP contribution in [0.3, 0.4) is 0 Å². The molecule has 0 unspecified atom stereocenters. The number of carbonyl (C=O) groups excluding carboxylic acids is 1.